The summed E-state index contributed by atoms with van der Waals surface area (Å²) in [6.45, 7) is 8.80. The summed E-state index contributed by atoms with van der Waals surface area (Å²) in [4.78, 5) is 10.4. The quantitative estimate of drug-likeness (QED) is 0.269. The molecule has 0 bridgehead atoms. The molecule has 0 radical (unpaired) electrons. The summed E-state index contributed by atoms with van der Waals surface area (Å²) in [7, 11) is 0. The van der Waals surface area contributed by atoms with Gasteiger partial charge in [0.05, 0.1) is 5.69 Å². The molecule has 0 N–H and O–H groups in total. The second-order valence-electron chi connectivity index (χ2n) is 9.21. The Bertz CT molecular complexity index is 1630. The molecule has 0 atom stereocenters. The van der Waals surface area contributed by atoms with E-state index in [4.69, 9.17) is 9.40 Å². The van der Waals surface area contributed by atoms with Crippen molar-refractivity contribution >= 4 is 53.4 Å². The molecule has 0 unspecified atom stereocenters. The predicted octanol–water partition coefficient (Wildman–Crippen LogP) is 8.02. The van der Waals surface area contributed by atoms with Crippen molar-refractivity contribution in [1.82, 2.24) is 9.97 Å². The molecule has 0 aliphatic rings. The summed E-state index contributed by atoms with van der Waals surface area (Å²) in [5.41, 5.74) is 4.41. The van der Waals surface area contributed by atoms with Crippen molar-refractivity contribution in [2.45, 2.75) is 33.1 Å². The number of fused-ring (bicyclic) bond motifs is 6. The lowest BCUT2D eigenvalue weighted by molar-refractivity contribution is 0.579. The van der Waals surface area contributed by atoms with E-state index in [2.05, 4.69) is 80.4 Å². The summed E-state index contributed by atoms with van der Waals surface area (Å²) in [5, 5.41) is 6.00. The van der Waals surface area contributed by atoms with E-state index in [0.717, 1.165) is 38.2 Å². The van der Waals surface area contributed by atoms with E-state index in [1.807, 2.05) is 6.92 Å². The van der Waals surface area contributed by atoms with Gasteiger partial charge in [-0.3, -0.25) is 0 Å². The fraction of sp³-hybridized carbons (Fsp3) is 0.185. The molecule has 0 spiro atoms. The van der Waals surface area contributed by atoms with E-state index in [0.29, 0.717) is 0 Å². The molecule has 0 aliphatic heterocycles. The minimum atomic E-state index is 0.0267. The van der Waals surface area contributed by atoms with E-state index in [9.17, 15) is 0 Å². The van der Waals surface area contributed by atoms with Crippen LogP contribution in [0.2, 0.25) is 0 Å². The van der Waals surface area contributed by atoms with Crippen LogP contribution in [0, 0.1) is 6.92 Å². The smallest absolute Gasteiger partial charge is 0.135 e. The molecule has 0 amide bonds. The first-order valence-electron chi connectivity index (χ1n) is 10.5. The van der Waals surface area contributed by atoms with Gasteiger partial charge in [0.25, 0.3) is 0 Å². The number of rotatable bonds is 1. The lowest BCUT2D eigenvalue weighted by Crippen LogP contribution is -2.12. The highest BCUT2D eigenvalue weighted by Crippen LogP contribution is 2.43. The van der Waals surface area contributed by atoms with Crippen molar-refractivity contribution in [2.24, 2.45) is 0 Å². The molecule has 0 fully saturated rings. The van der Waals surface area contributed by atoms with Crippen molar-refractivity contribution in [3.05, 3.63) is 72.2 Å². The minimum absolute atomic E-state index is 0.0267. The maximum absolute atomic E-state index is 5.86. The van der Waals surface area contributed by atoms with E-state index in [1.54, 1.807) is 17.7 Å². The van der Waals surface area contributed by atoms with Gasteiger partial charge in [-0.05, 0) is 59.0 Å². The number of aryl methyl sites for hydroxylation is 1. The van der Waals surface area contributed by atoms with Crippen LogP contribution in [0.3, 0.4) is 0 Å². The summed E-state index contributed by atoms with van der Waals surface area (Å²) < 4.78 is 7.07. The Balaban J connectivity index is 1.72. The van der Waals surface area contributed by atoms with Crippen LogP contribution >= 0.6 is 11.3 Å². The summed E-state index contributed by atoms with van der Waals surface area (Å²) in [6.07, 6.45) is 1.69. The topological polar surface area (TPSA) is 38.9 Å². The predicted molar refractivity (Wildman–Crippen MR) is 131 cm³/mol. The SMILES string of the molecule is Cc1cc2c(ccc3c2sc2ncnc(-c4cc(C(C)(C)C)c5ccccc5c4)c23)o1. The molecule has 31 heavy (non-hydrogen) atoms. The molecule has 6 rings (SSSR count). The molecule has 0 aliphatic carbocycles. The average molecular weight is 423 g/mol. The summed E-state index contributed by atoms with van der Waals surface area (Å²) in [6, 6.07) is 19.5. The van der Waals surface area contributed by atoms with Gasteiger partial charge in [-0.2, -0.15) is 0 Å². The van der Waals surface area contributed by atoms with Crippen LogP contribution in [0.5, 0.6) is 0 Å². The van der Waals surface area contributed by atoms with Gasteiger partial charge in [-0.25, -0.2) is 9.97 Å². The van der Waals surface area contributed by atoms with Gasteiger partial charge in [0.2, 0.25) is 0 Å². The monoisotopic (exact) mass is 422 g/mol. The lowest BCUT2D eigenvalue weighted by atomic mass is 9.82. The van der Waals surface area contributed by atoms with Crippen molar-refractivity contribution in [3.63, 3.8) is 0 Å². The van der Waals surface area contributed by atoms with E-state index in [-0.39, 0.29) is 5.41 Å². The zero-order chi connectivity index (χ0) is 21.3. The molecule has 3 nitrogen and oxygen atoms in total. The maximum atomic E-state index is 5.86. The molecule has 3 heterocycles. The molecule has 6 aromatic rings. The second kappa shape index (κ2) is 6.38. The average Bonchev–Trinajstić information content (AvgIpc) is 3.31. The number of hydrogen-bond acceptors (Lipinski definition) is 4. The Labute approximate surface area is 184 Å². The van der Waals surface area contributed by atoms with E-state index >= 15 is 0 Å². The molecule has 152 valence electrons. The Kier molecular flexibility index (Phi) is 3.81. The molecule has 0 saturated carbocycles. The first-order valence-corrected chi connectivity index (χ1v) is 11.3. The molecular formula is C27H22N2OS. The van der Waals surface area contributed by atoms with Gasteiger partial charge in [0.1, 0.15) is 22.5 Å². The van der Waals surface area contributed by atoms with Crippen LogP contribution in [-0.4, -0.2) is 9.97 Å². The number of nitrogens with zero attached hydrogens (tertiary/aromatic N) is 2. The number of thiophene rings is 1. The van der Waals surface area contributed by atoms with Crippen molar-refractivity contribution in [2.75, 3.05) is 0 Å². The van der Waals surface area contributed by atoms with Crippen LogP contribution in [0.25, 0.3) is 53.3 Å². The third-order valence-electron chi connectivity index (χ3n) is 6.00. The molecule has 0 saturated heterocycles. The third kappa shape index (κ3) is 2.78. The molecular weight excluding hydrogens is 400 g/mol. The fourth-order valence-corrected chi connectivity index (χ4v) is 5.74. The molecule has 3 aromatic heterocycles. The first kappa shape index (κ1) is 18.5. The van der Waals surface area contributed by atoms with Crippen molar-refractivity contribution < 1.29 is 4.42 Å². The van der Waals surface area contributed by atoms with Crippen molar-refractivity contribution in [3.8, 4) is 11.3 Å². The number of furan rings is 1. The van der Waals surface area contributed by atoms with Crippen LogP contribution in [-0.2, 0) is 5.41 Å². The highest BCUT2D eigenvalue weighted by molar-refractivity contribution is 7.26. The van der Waals surface area contributed by atoms with Gasteiger partial charge in [0.15, 0.2) is 0 Å². The van der Waals surface area contributed by atoms with E-state index in [1.165, 1.54) is 26.4 Å². The van der Waals surface area contributed by atoms with Gasteiger partial charge in [0, 0.05) is 26.4 Å². The zero-order valence-corrected chi connectivity index (χ0v) is 18.8. The highest BCUT2D eigenvalue weighted by atomic mass is 32.1. The third-order valence-corrected chi connectivity index (χ3v) is 7.15. The Morgan fingerprint density at radius 1 is 0.871 bits per heavy atom. The van der Waals surface area contributed by atoms with Crippen LogP contribution in [0.15, 0.2) is 65.3 Å². The highest BCUT2D eigenvalue weighted by Gasteiger charge is 2.21. The maximum Gasteiger partial charge on any atom is 0.135 e. The largest absolute Gasteiger partial charge is 0.461 e. The van der Waals surface area contributed by atoms with Crippen molar-refractivity contribution in [1.29, 1.82) is 0 Å². The van der Waals surface area contributed by atoms with E-state index < -0.39 is 0 Å². The Hall–Kier alpha value is -3.24. The van der Waals surface area contributed by atoms with Crippen LogP contribution in [0.1, 0.15) is 32.1 Å². The Morgan fingerprint density at radius 3 is 2.55 bits per heavy atom. The lowest BCUT2D eigenvalue weighted by Gasteiger charge is -2.22. The standard InChI is InChI=1S/C27H22N2OS/c1-15-11-20-22(30-15)10-9-19-23-24(28-14-29-26(23)31-25(19)20)17-12-16-7-5-6-8-18(16)21(13-17)27(2,3)4/h5-14H,1-4H3. The number of benzene rings is 3. The normalized spacial score (nSPS) is 12.5. The molecule has 3 aromatic carbocycles. The van der Waals surface area contributed by atoms with Gasteiger partial charge < -0.3 is 4.42 Å². The summed E-state index contributed by atoms with van der Waals surface area (Å²) >= 11 is 1.72. The minimum Gasteiger partial charge on any atom is -0.461 e. The summed E-state index contributed by atoms with van der Waals surface area (Å²) in [5.74, 6) is 0.926. The molecule has 4 heteroatoms. The first-order chi connectivity index (χ1) is 14.9. The zero-order valence-electron chi connectivity index (χ0n) is 18.0. The van der Waals surface area contributed by atoms with Crippen LogP contribution < -0.4 is 0 Å². The number of aromatic nitrogens is 2. The Morgan fingerprint density at radius 2 is 1.71 bits per heavy atom. The van der Waals surface area contributed by atoms with Gasteiger partial charge in [-0.1, -0.05) is 45.0 Å². The fourth-order valence-electron chi connectivity index (χ4n) is 4.59. The second-order valence-corrected chi connectivity index (χ2v) is 10.2. The van der Waals surface area contributed by atoms with Gasteiger partial charge >= 0.3 is 0 Å². The van der Waals surface area contributed by atoms with Crippen LogP contribution in [0.4, 0.5) is 0 Å². The number of hydrogen-bond donors (Lipinski definition) is 0. The van der Waals surface area contributed by atoms with Gasteiger partial charge in [-0.15, -0.1) is 11.3 Å².